The number of likely N-dealkylation sites (tertiary alicyclic amines) is 1. The van der Waals surface area contributed by atoms with Gasteiger partial charge in [0.05, 0.1) is 7.11 Å². The van der Waals surface area contributed by atoms with Crippen molar-refractivity contribution in [1.82, 2.24) is 15.5 Å². The first-order chi connectivity index (χ1) is 12.2. The van der Waals surface area contributed by atoms with Gasteiger partial charge in [-0.15, -0.1) is 0 Å². The summed E-state index contributed by atoms with van der Waals surface area (Å²) < 4.78 is 5.50. The second-order valence-electron chi connectivity index (χ2n) is 7.85. The van der Waals surface area contributed by atoms with Crippen LogP contribution in [0.3, 0.4) is 0 Å². The van der Waals surface area contributed by atoms with Crippen molar-refractivity contribution >= 4 is 6.03 Å². The molecule has 0 aromatic heterocycles. The molecule has 3 aliphatic rings. The number of hydrogen-bond donors (Lipinski definition) is 2. The first-order valence-electron chi connectivity index (χ1n) is 9.62. The third kappa shape index (κ3) is 3.76. The van der Waals surface area contributed by atoms with E-state index in [1.165, 1.54) is 18.4 Å². The Morgan fingerprint density at radius 2 is 1.92 bits per heavy atom. The lowest BCUT2D eigenvalue weighted by Gasteiger charge is -2.32. The molecule has 5 heteroatoms. The van der Waals surface area contributed by atoms with Crippen LogP contribution in [-0.4, -0.2) is 49.8 Å². The van der Waals surface area contributed by atoms with Crippen LogP contribution in [-0.2, 0) is 5.41 Å². The number of nitrogens with zero attached hydrogens (tertiary/aromatic N) is 1. The van der Waals surface area contributed by atoms with E-state index >= 15 is 0 Å². The van der Waals surface area contributed by atoms with Crippen LogP contribution in [0.1, 0.15) is 44.1 Å². The maximum atomic E-state index is 12.3. The molecular weight excluding hydrogens is 314 g/mol. The summed E-state index contributed by atoms with van der Waals surface area (Å²) in [4.78, 5) is 14.9. The molecule has 0 bridgehead atoms. The van der Waals surface area contributed by atoms with Gasteiger partial charge in [0, 0.05) is 42.7 Å². The monoisotopic (exact) mass is 343 g/mol. The number of nitrogens with one attached hydrogen (secondary N) is 2. The number of carbonyl (C=O) groups is 1. The molecule has 0 spiro atoms. The van der Waals surface area contributed by atoms with E-state index in [-0.39, 0.29) is 11.4 Å². The van der Waals surface area contributed by atoms with E-state index in [1.807, 2.05) is 18.2 Å². The molecule has 0 atom stereocenters. The van der Waals surface area contributed by atoms with Gasteiger partial charge in [-0.25, -0.2) is 4.79 Å². The van der Waals surface area contributed by atoms with Gasteiger partial charge in [-0.3, -0.25) is 0 Å². The highest BCUT2D eigenvalue weighted by Crippen LogP contribution is 2.50. The zero-order valence-electron chi connectivity index (χ0n) is 15.1. The van der Waals surface area contributed by atoms with Crippen LogP contribution in [0.25, 0.3) is 0 Å². The summed E-state index contributed by atoms with van der Waals surface area (Å²) in [7, 11) is 1.71. The molecule has 136 valence electrons. The molecule has 3 fully saturated rings. The van der Waals surface area contributed by atoms with Gasteiger partial charge in [0.15, 0.2) is 0 Å². The first kappa shape index (κ1) is 16.7. The zero-order chi connectivity index (χ0) is 17.3. The average molecular weight is 343 g/mol. The summed E-state index contributed by atoms with van der Waals surface area (Å²) in [6, 6.07) is 9.30. The normalized spacial score (nSPS) is 23.1. The lowest BCUT2D eigenvalue weighted by Crippen LogP contribution is -2.49. The Kier molecular flexibility index (Phi) is 4.59. The number of benzene rings is 1. The fourth-order valence-electron chi connectivity index (χ4n) is 4.11. The molecule has 1 heterocycles. The Bertz CT molecular complexity index is 617. The van der Waals surface area contributed by atoms with E-state index in [0.717, 1.165) is 50.6 Å². The summed E-state index contributed by atoms with van der Waals surface area (Å²) in [6.45, 7) is 2.93. The molecule has 1 aliphatic heterocycles. The average Bonchev–Trinajstić information content (AvgIpc) is 3.55. The van der Waals surface area contributed by atoms with Crippen LogP contribution in [0, 0.1) is 0 Å². The van der Waals surface area contributed by atoms with E-state index < -0.39 is 0 Å². The van der Waals surface area contributed by atoms with E-state index in [2.05, 4.69) is 21.6 Å². The summed E-state index contributed by atoms with van der Waals surface area (Å²) in [5.74, 6) is 0.926. The summed E-state index contributed by atoms with van der Waals surface area (Å²) in [6.07, 6.45) is 7.08. The number of methoxy groups -OCH3 is 1. The minimum Gasteiger partial charge on any atom is -0.496 e. The number of piperidine rings is 1. The third-order valence-electron chi connectivity index (χ3n) is 6.05. The lowest BCUT2D eigenvalue weighted by molar-refractivity contribution is 0.185. The van der Waals surface area contributed by atoms with E-state index in [0.29, 0.717) is 12.6 Å². The van der Waals surface area contributed by atoms with E-state index in [9.17, 15) is 4.79 Å². The number of amides is 2. The number of para-hydroxylation sites is 1. The first-order valence-corrected chi connectivity index (χ1v) is 9.62. The SMILES string of the molecule is COc1ccccc1C1(CNC(=O)NC2CCN(C3CC3)CC2)CC1. The molecule has 2 amide bonds. The van der Waals surface area contributed by atoms with Crippen LogP contribution in [0.5, 0.6) is 5.75 Å². The smallest absolute Gasteiger partial charge is 0.315 e. The number of urea groups is 1. The standard InChI is InChI=1S/C20H29N3O2/c1-25-18-5-3-2-4-17(18)20(10-11-20)14-21-19(24)22-15-8-12-23(13-9-15)16-6-7-16/h2-5,15-16H,6-14H2,1H3,(H2,21,22,24). The van der Waals surface area contributed by atoms with E-state index in [1.54, 1.807) is 7.11 Å². The van der Waals surface area contributed by atoms with Gasteiger partial charge in [0.2, 0.25) is 0 Å². The molecule has 4 rings (SSSR count). The minimum atomic E-state index is -0.0222. The molecule has 1 aromatic rings. The molecule has 1 aromatic carbocycles. The van der Waals surface area contributed by atoms with Crippen molar-refractivity contribution in [2.75, 3.05) is 26.7 Å². The highest BCUT2D eigenvalue weighted by Gasteiger charge is 2.46. The van der Waals surface area contributed by atoms with Crippen molar-refractivity contribution in [3.8, 4) is 5.75 Å². The van der Waals surface area contributed by atoms with Crippen molar-refractivity contribution in [3.63, 3.8) is 0 Å². The Hall–Kier alpha value is -1.75. The second-order valence-corrected chi connectivity index (χ2v) is 7.85. The molecule has 1 saturated heterocycles. The van der Waals surface area contributed by atoms with E-state index in [4.69, 9.17) is 4.74 Å². The molecule has 0 radical (unpaired) electrons. The Labute approximate surface area is 150 Å². The fourth-order valence-corrected chi connectivity index (χ4v) is 4.11. The molecule has 2 saturated carbocycles. The fraction of sp³-hybridized carbons (Fsp3) is 0.650. The lowest BCUT2D eigenvalue weighted by atomic mass is 9.95. The van der Waals surface area contributed by atoms with Gasteiger partial charge < -0.3 is 20.3 Å². The van der Waals surface area contributed by atoms with Crippen LogP contribution >= 0.6 is 0 Å². The molecule has 2 N–H and O–H groups in total. The summed E-state index contributed by atoms with van der Waals surface area (Å²) in [5, 5.41) is 6.28. The van der Waals surface area contributed by atoms with Gasteiger partial charge in [-0.1, -0.05) is 18.2 Å². The van der Waals surface area contributed by atoms with Crippen molar-refractivity contribution in [2.45, 2.75) is 56.0 Å². The van der Waals surface area contributed by atoms with Crippen molar-refractivity contribution in [2.24, 2.45) is 0 Å². The van der Waals surface area contributed by atoms with Gasteiger partial charge in [-0.05, 0) is 44.6 Å². The topological polar surface area (TPSA) is 53.6 Å². The highest BCUT2D eigenvalue weighted by molar-refractivity contribution is 5.74. The molecule has 25 heavy (non-hydrogen) atoms. The molecule has 5 nitrogen and oxygen atoms in total. The van der Waals surface area contributed by atoms with Crippen LogP contribution in [0.4, 0.5) is 4.79 Å². The minimum absolute atomic E-state index is 0.0222. The predicted octanol–water partition coefficient (Wildman–Crippen LogP) is 2.65. The molecule has 0 unspecified atom stereocenters. The predicted molar refractivity (Wildman–Crippen MR) is 98.1 cm³/mol. The second kappa shape index (κ2) is 6.87. The van der Waals surface area contributed by atoms with Gasteiger partial charge >= 0.3 is 6.03 Å². The van der Waals surface area contributed by atoms with Crippen molar-refractivity contribution in [3.05, 3.63) is 29.8 Å². The zero-order valence-corrected chi connectivity index (χ0v) is 15.1. The van der Waals surface area contributed by atoms with Gasteiger partial charge in [-0.2, -0.15) is 0 Å². The number of ether oxygens (including phenoxy) is 1. The highest BCUT2D eigenvalue weighted by atomic mass is 16.5. The van der Waals surface area contributed by atoms with Crippen LogP contribution in [0.15, 0.2) is 24.3 Å². The quantitative estimate of drug-likeness (QED) is 0.835. The largest absolute Gasteiger partial charge is 0.496 e. The Morgan fingerprint density at radius 1 is 1.20 bits per heavy atom. The third-order valence-corrected chi connectivity index (χ3v) is 6.05. The summed E-state index contributed by atoms with van der Waals surface area (Å²) in [5.41, 5.74) is 1.27. The maximum absolute atomic E-state index is 12.3. The van der Waals surface area contributed by atoms with Gasteiger partial charge in [0.1, 0.15) is 5.75 Å². The van der Waals surface area contributed by atoms with Crippen LogP contribution < -0.4 is 15.4 Å². The number of carbonyl (C=O) groups excluding carboxylic acids is 1. The molecule has 2 aliphatic carbocycles. The van der Waals surface area contributed by atoms with Crippen molar-refractivity contribution in [1.29, 1.82) is 0 Å². The van der Waals surface area contributed by atoms with Crippen molar-refractivity contribution < 1.29 is 9.53 Å². The van der Waals surface area contributed by atoms with Crippen LogP contribution in [0.2, 0.25) is 0 Å². The Morgan fingerprint density at radius 3 is 2.56 bits per heavy atom. The Balaban J connectivity index is 1.26. The number of hydrogen-bond acceptors (Lipinski definition) is 3. The molecular formula is C20H29N3O2. The number of rotatable bonds is 6. The summed E-state index contributed by atoms with van der Waals surface area (Å²) >= 11 is 0. The van der Waals surface area contributed by atoms with Gasteiger partial charge in [0.25, 0.3) is 0 Å². The maximum Gasteiger partial charge on any atom is 0.315 e.